The molecule has 3 rings (SSSR count). The number of aryl methyl sites for hydroxylation is 1. The molecule has 0 fully saturated rings. The van der Waals surface area contributed by atoms with E-state index in [0.29, 0.717) is 14.8 Å². The number of carbonyl (C=O) groups is 2. The average Bonchev–Trinajstić information content (AvgIpc) is 3.16. The summed E-state index contributed by atoms with van der Waals surface area (Å²) in [6, 6.07) is 14.8. The topological polar surface area (TPSA) is 63.1 Å². The molecule has 0 aliphatic rings. The minimum atomic E-state index is -0.401. The third-order valence-electron chi connectivity index (χ3n) is 3.78. The van der Waals surface area contributed by atoms with E-state index in [1.807, 2.05) is 48.7 Å². The van der Waals surface area contributed by atoms with Crippen LogP contribution < -0.4 is 10.9 Å². The number of hydrazine groups is 1. The molecule has 7 heteroatoms. The molecule has 3 aromatic rings. The van der Waals surface area contributed by atoms with Crippen molar-refractivity contribution in [3.8, 4) is 5.69 Å². The van der Waals surface area contributed by atoms with Gasteiger partial charge in [0.1, 0.15) is 0 Å². The van der Waals surface area contributed by atoms with E-state index in [1.54, 1.807) is 18.2 Å². The molecule has 0 unspecified atom stereocenters. The fourth-order valence-corrected chi connectivity index (χ4v) is 3.58. The van der Waals surface area contributed by atoms with E-state index >= 15 is 0 Å². The van der Waals surface area contributed by atoms with Crippen LogP contribution in [0.15, 0.2) is 48.5 Å². The summed E-state index contributed by atoms with van der Waals surface area (Å²) in [6.07, 6.45) is 0. The van der Waals surface area contributed by atoms with Crippen LogP contribution in [0.1, 0.15) is 31.4 Å². The van der Waals surface area contributed by atoms with Crippen molar-refractivity contribution in [1.29, 1.82) is 0 Å². The van der Waals surface area contributed by atoms with Crippen LogP contribution in [0.25, 0.3) is 5.69 Å². The van der Waals surface area contributed by atoms with Gasteiger partial charge < -0.3 is 4.57 Å². The Balaban J connectivity index is 1.76. The van der Waals surface area contributed by atoms with Crippen LogP contribution in [0.3, 0.4) is 0 Å². The zero-order valence-corrected chi connectivity index (χ0v) is 15.2. The molecule has 2 heterocycles. The molecule has 0 saturated heterocycles. The molecule has 128 valence electrons. The minimum absolute atomic E-state index is 0.369. The van der Waals surface area contributed by atoms with Crippen molar-refractivity contribution in [2.45, 2.75) is 13.8 Å². The van der Waals surface area contributed by atoms with Gasteiger partial charge in [-0.15, -0.1) is 11.3 Å². The third-order valence-corrected chi connectivity index (χ3v) is 5.01. The van der Waals surface area contributed by atoms with Gasteiger partial charge in [0.2, 0.25) is 0 Å². The maximum atomic E-state index is 12.4. The Morgan fingerprint density at radius 2 is 1.68 bits per heavy atom. The van der Waals surface area contributed by atoms with Crippen LogP contribution in [-0.2, 0) is 0 Å². The van der Waals surface area contributed by atoms with Crippen LogP contribution >= 0.6 is 22.9 Å². The Labute approximate surface area is 154 Å². The number of aromatic nitrogens is 1. The molecule has 5 nitrogen and oxygen atoms in total. The molecule has 0 aliphatic carbocycles. The molecule has 2 amide bonds. The number of rotatable bonds is 3. The van der Waals surface area contributed by atoms with Gasteiger partial charge >= 0.3 is 0 Å². The number of hydrogen-bond acceptors (Lipinski definition) is 3. The molecular weight excluding hydrogens is 358 g/mol. The van der Waals surface area contributed by atoms with E-state index < -0.39 is 5.91 Å². The van der Waals surface area contributed by atoms with E-state index in [9.17, 15) is 9.59 Å². The van der Waals surface area contributed by atoms with Crippen LogP contribution in [0.5, 0.6) is 0 Å². The second-order valence-electron chi connectivity index (χ2n) is 5.47. The second-order valence-corrected chi connectivity index (χ2v) is 7.18. The molecule has 0 spiro atoms. The number of halogens is 1. The molecular formula is C18H16ClN3O2S. The maximum absolute atomic E-state index is 12.4. The van der Waals surface area contributed by atoms with Crippen molar-refractivity contribution < 1.29 is 9.59 Å². The zero-order chi connectivity index (χ0) is 18.0. The summed E-state index contributed by atoms with van der Waals surface area (Å²) in [5.74, 6) is -0.770. The zero-order valence-electron chi connectivity index (χ0n) is 13.7. The summed E-state index contributed by atoms with van der Waals surface area (Å²) in [4.78, 5) is 24.9. The van der Waals surface area contributed by atoms with Gasteiger partial charge in [-0.3, -0.25) is 20.4 Å². The highest BCUT2D eigenvalue weighted by molar-refractivity contribution is 7.17. The number of carbonyl (C=O) groups excluding carboxylic acids is 2. The van der Waals surface area contributed by atoms with E-state index in [1.165, 1.54) is 0 Å². The van der Waals surface area contributed by atoms with Gasteiger partial charge in [-0.25, -0.2) is 0 Å². The number of benzene rings is 1. The van der Waals surface area contributed by atoms with Gasteiger partial charge in [0.05, 0.1) is 14.8 Å². The van der Waals surface area contributed by atoms with E-state index in [2.05, 4.69) is 10.9 Å². The monoisotopic (exact) mass is 373 g/mol. The predicted octanol–water partition coefficient (Wildman–Crippen LogP) is 3.88. The summed E-state index contributed by atoms with van der Waals surface area (Å²) in [7, 11) is 0. The van der Waals surface area contributed by atoms with Crippen molar-refractivity contribution in [3.05, 3.63) is 74.7 Å². The van der Waals surface area contributed by atoms with E-state index in [0.717, 1.165) is 28.4 Å². The Hall–Kier alpha value is -2.57. The Bertz CT molecular complexity index is 931. The third kappa shape index (κ3) is 3.60. The molecule has 2 N–H and O–H groups in total. The highest BCUT2D eigenvalue weighted by atomic mass is 35.5. The number of nitrogens with zero attached hydrogens (tertiary/aromatic N) is 1. The highest BCUT2D eigenvalue weighted by Crippen LogP contribution is 2.22. The lowest BCUT2D eigenvalue weighted by atomic mass is 10.2. The summed E-state index contributed by atoms with van der Waals surface area (Å²) in [6.45, 7) is 3.80. The molecule has 2 aromatic heterocycles. The van der Waals surface area contributed by atoms with Crippen LogP contribution in [0.2, 0.25) is 4.34 Å². The lowest BCUT2D eigenvalue weighted by molar-refractivity contribution is 0.0848. The minimum Gasteiger partial charge on any atom is -0.318 e. The van der Waals surface area contributed by atoms with Gasteiger partial charge in [0, 0.05) is 17.1 Å². The van der Waals surface area contributed by atoms with Gasteiger partial charge in [-0.05, 0) is 44.2 Å². The van der Waals surface area contributed by atoms with Crippen molar-refractivity contribution in [2.75, 3.05) is 0 Å². The van der Waals surface area contributed by atoms with E-state index in [-0.39, 0.29) is 5.91 Å². The van der Waals surface area contributed by atoms with Crippen molar-refractivity contribution in [1.82, 2.24) is 15.4 Å². The first-order chi connectivity index (χ1) is 12.0. The molecule has 1 aromatic carbocycles. The predicted molar refractivity (Wildman–Crippen MR) is 99.5 cm³/mol. The number of hydrogen-bond donors (Lipinski definition) is 2. The lowest BCUT2D eigenvalue weighted by Gasteiger charge is -2.10. The first-order valence-electron chi connectivity index (χ1n) is 7.58. The Morgan fingerprint density at radius 3 is 2.32 bits per heavy atom. The van der Waals surface area contributed by atoms with E-state index in [4.69, 9.17) is 11.6 Å². The largest absolute Gasteiger partial charge is 0.318 e. The Morgan fingerprint density at radius 1 is 1.00 bits per heavy atom. The maximum Gasteiger partial charge on any atom is 0.279 e. The Kier molecular flexibility index (Phi) is 4.92. The summed E-state index contributed by atoms with van der Waals surface area (Å²) in [5.41, 5.74) is 8.08. The second kappa shape index (κ2) is 7.13. The van der Waals surface area contributed by atoms with Crippen LogP contribution in [-0.4, -0.2) is 16.4 Å². The molecule has 25 heavy (non-hydrogen) atoms. The standard InChI is InChI=1S/C18H16ClN3O2S/c1-11-10-14(12(2)22(11)13-6-4-3-5-7-13)17(23)20-21-18(24)15-8-9-16(19)25-15/h3-10H,1-2H3,(H,20,23)(H,21,24). The number of para-hydroxylation sites is 1. The first kappa shape index (κ1) is 17.3. The summed E-state index contributed by atoms with van der Waals surface area (Å²) in [5, 5.41) is 0. The number of nitrogens with one attached hydrogen (secondary N) is 2. The normalized spacial score (nSPS) is 10.5. The molecule has 0 aliphatic heterocycles. The smallest absolute Gasteiger partial charge is 0.279 e. The summed E-state index contributed by atoms with van der Waals surface area (Å²) >= 11 is 6.96. The molecule has 0 radical (unpaired) electrons. The number of thiophene rings is 1. The van der Waals surface area contributed by atoms with Crippen LogP contribution in [0, 0.1) is 13.8 Å². The van der Waals surface area contributed by atoms with Crippen molar-refractivity contribution in [3.63, 3.8) is 0 Å². The molecule has 0 saturated carbocycles. The first-order valence-corrected chi connectivity index (χ1v) is 8.77. The fourth-order valence-electron chi connectivity index (χ4n) is 2.65. The molecule has 0 bridgehead atoms. The quantitative estimate of drug-likeness (QED) is 0.684. The van der Waals surface area contributed by atoms with Gasteiger partial charge in [-0.1, -0.05) is 29.8 Å². The van der Waals surface area contributed by atoms with Gasteiger partial charge in [0.15, 0.2) is 0 Å². The van der Waals surface area contributed by atoms with Crippen LogP contribution in [0.4, 0.5) is 0 Å². The van der Waals surface area contributed by atoms with Gasteiger partial charge in [-0.2, -0.15) is 0 Å². The average molecular weight is 374 g/mol. The SMILES string of the molecule is Cc1cc(C(=O)NNC(=O)c2ccc(Cl)s2)c(C)n1-c1ccccc1. The molecule has 0 atom stereocenters. The van der Waals surface area contributed by atoms with Crippen molar-refractivity contribution >= 4 is 34.8 Å². The highest BCUT2D eigenvalue weighted by Gasteiger charge is 2.17. The van der Waals surface area contributed by atoms with Gasteiger partial charge in [0.25, 0.3) is 11.8 Å². The lowest BCUT2D eigenvalue weighted by Crippen LogP contribution is -2.41. The van der Waals surface area contributed by atoms with Crippen molar-refractivity contribution in [2.24, 2.45) is 0 Å². The fraction of sp³-hybridized carbons (Fsp3) is 0.111. The number of amides is 2. The summed E-state index contributed by atoms with van der Waals surface area (Å²) < 4.78 is 2.51.